The van der Waals surface area contributed by atoms with Crippen LogP contribution in [0, 0.1) is 5.92 Å². The minimum absolute atomic E-state index is 0.816. The van der Waals surface area contributed by atoms with E-state index in [1.807, 2.05) is 0 Å². The van der Waals surface area contributed by atoms with Crippen molar-refractivity contribution in [2.45, 2.75) is 56.7 Å². The maximum atomic E-state index is 3.61. The van der Waals surface area contributed by atoms with Gasteiger partial charge in [0.05, 0.1) is 0 Å². The molecule has 0 radical (unpaired) electrons. The number of rotatable bonds is 6. The number of hydrogen-bond acceptors (Lipinski definition) is 2. The molecule has 2 heteroatoms. The molecule has 1 nitrogen and oxygen atoms in total. The van der Waals surface area contributed by atoms with Crippen LogP contribution in [0.2, 0.25) is 0 Å². The first-order valence-corrected chi connectivity index (χ1v) is 7.24. The second-order valence-corrected chi connectivity index (χ2v) is 6.45. The Morgan fingerprint density at radius 2 is 1.93 bits per heavy atom. The third-order valence-electron chi connectivity index (χ3n) is 3.36. The second kappa shape index (κ2) is 5.41. The Morgan fingerprint density at radius 3 is 2.57 bits per heavy atom. The van der Waals surface area contributed by atoms with E-state index < -0.39 is 0 Å². The number of thioether (sulfide) groups is 1. The van der Waals surface area contributed by atoms with E-state index >= 15 is 0 Å². The van der Waals surface area contributed by atoms with E-state index in [2.05, 4.69) is 24.0 Å². The van der Waals surface area contributed by atoms with Gasteiger partial charge in [0.15, 0.2) is 0 Å². The summed E-state index contributed by atoms with van der Waals surface area (Å²) in [5.41, 5.74) is 0. The molecule has 2 aliphatic carbocycles. The summed E-state index contributed by atoms with van der Waals surface area (Å²) in [6, 6.07) is 0.879. The lowest BCUT2D eigenvalue weighted by Gasteiger charge is -2.14. The molecule has 0 bridgehead atoms. The van der Waals surface area contributed by atoms with Crippen molar-refractivity contribution < 1.29 is 0 Å². The lowest BCUT2D eigenvalue weighted by Crippen LogP contribution is -2.25. The highest BCUT2D eigenvalue weighted by Crippen LogP contribution is 2.29. The maximum absolute atomic E-state index is 3.61. The van der Waals surface area contributed by atoms with Crippen LogP contribution in [0.5, 0.6) is 0 Å². The minimum Gasteiger partial charge on any atom is -0.313 e. The zero-order chi connectivity index (χ0) is 9.80. The van der Waals surface area contributed by atoms with Crippen LogP contribution in [0.25, 0.3) is 0 Å². The molecular weight excluding hydrogens is 190 g/mol. The molecular formula is C12H23NS. The maximum Gasteiger partial charge on any atom is 0.0144 e. The zero-order valence-corrected chi connectivity index (χ0v) is 10.1. The fourth-order valence-corrected chi connectivity index (χ4v) is 3.30. The van der Waals surface area contributed by atoms with Crippen molar-refractivity contribution in [1.82, 2.24) is 5.32 Å². The Bertz CT molecular complexity index is 162. The molecule has 1 N–H and O–H groups in total. The van der Waals surface area contributed by atoms with Crippen molar-refractivity contribution in [2.24, 2.45) is 5.92 Å². The van der Waals surface area contributed by atoms with Crippen LogP contribution < -0.4 is 5.32 Å². The first kappa shape index (κ1) is 10.8. The van der Waals surface area contributed by atoms with Crippen molar-refractivity contribution in [3.05, 3.63) is 0 Å². The molecule has 0 amide bonds. The highest BCUT2D eigenvalue weighted by Gasteiger charge is 2.21. The van der Waals surface area contributed by atoms with Crippen LogP contribution in [0.3, 0.4) is 0 Å². The molecule has 2 saturated carbocycles. The zero-order valence-electron chi connectivity index (χ0n) is 9.30. The monoisotopic (exact) mass is 213 g/mol. The molecule has 2 rings (SSSR count). The molecule has 0 saturated heterocycles. The van der Waals surface area contributed by atoms with E-state index in [0.29, 0.717) is 0 Å². The summed E-state index contributed by atoms with van der Waals surface area (Å²) in [6.07, 6.45) is 8.80. The predicted octanol–water partition coefficient (Wildman–Crippen LogP) is 3.05. The smallest absolute Gasteiger partial charge is 0.0144 e. The number of hydrogen-bond donors (Lipinski definition) is 1. The highest BCUT2D eigenvalue weighted by atomic mass is 32.2. The van der Waals surface area contributed by atoms with Crippen LogP contribution >= 0.6 is 11.8 Å². The van der Waals surface area contributed by atoms with Crippen molar-refractivity contribution in [1.29, 1.82) is 0 Å². The second-order valence-electron chi connectivity index (χ2n) is 4.98. The normalized spacial score (nSPS) is 25.5. The molecule has 1 atom stereocenters. The Labute approximate surface area is 92.4 Å². The van der Waals surface area contributed by atoms with E-state index in [9.17, 15) is 0 Å². The van der Waals surface area contributed by atoms with Crippen LogP contribution in [-0.2, 0) is 0 Å². The summed E-state index contributed by atoms with van der Waals surface area (Å²) < 4.78 is 0. The highest BCUT2D eigenvalue weighted by molar-refractivity contribution is 7.99. The van der Waals surface area contributed by atoms with Gasteiger partial charge in [-0.25, -0.2) is 0 Å². The summed E-state index contributed by atoms with van der Waals surface area (Å²) in [6.45, 7) is 3.59. The fraction of sp³-hybridized carbons (Fsp3) is 1.00. The minimum atomic E-state index is 0.816. The van der Waals surface area contributed by atoms with Gasteiger partial charge in [0.1, 0.15) is 0 Å². The largest absolute Gasteiger partial charge is 0.313 e. The van der Waals surface area contributed by atoms with Gasteiger partial charge in [-0.2, -0.15) is 11.8 Å². The topological polar surface area (TPSA) is 12.0 Å². The van der Waals surface area contributed by atoms with E-state index in [1.54, 1.807) is 0 Å². The van der Waals surface area contributed by atoms with Gasteiger partial charge in [0.25, 0.3) is 0 Å². The summed E-state index contributed by atoms with van der Waals surface area (Å²) in [5, 5.41) is 4.43. The Balaban J connectivity index is 1.50. The Kier molecular flexibility index (Phi) is 4.18. The van der Waals surface area contributed by atoms with E-state index in [-0.39, 0.29) is 0 Å². The summed E-state index contributed by atoms with van der Waals surface area (Å²) in [5.74, 6) is 2.46. The average molecular weight is 213 g/mol. The first-order valence-electron chi connectivity index (χ1n) is 6.19. The van der Waals surface area contributed by atoms with Gasteiger partial charge in [-0.1, -0.05) is 19.8 Å². The molecule has 2 aliphatic rings. The molecule has 0 aliphatic heterocycles. The molecule has 0 spiro atoms. The van der Waals surface area contributed by atoms with Crippen molar-refractivity contribution in [2.75, 3.05) is 12.3 Å². The van der Waals surface area contributed by atoms with E-state index in [1.165, 1.54) is 50.8 Å². The van der Waals surface area contributed by atoms with Gasteiger partial charge in [-0.3, -0.25) is 0 Å². The molecule has 0 aromatic rings. The van der Waals surface area contributed by atoms with Crippen LogP contribution in [0.15, 0.2) is 0 Å². The lowest BCUT2D eigenvalue weighted by atomic mass is 10.1. The lowest BCUT2D eigenvalue weighted by molar-refractivity contribution is 0.619. The number of nitrogens with one attached hydrogen (secondary N) is 1. The van der Waals surface area contributed by atoms with Gasteiger partial charge >= 0.3 is 0 Å². The van der Waals surface area contributed by atoms with Crippen LogP contribution in [0.4, 0.5) is 0 Å². The molecule has 82 valence electrons. The third-order valence-corrected chi connectivity index (χ3v) is 4.76. The van der Waals surface area contributed by atoms with Crippen molar-refractivity contribution >= 4 is 11.8 Å². The van der Waals surface area contributed by atoms with E-state index in [0.717, 1.165) is 17.2 Å². The van der Waals surface area contributed by atoms with Gasteiger partial charge in [-0.15, -0.1) is 0 Å². The summed E-state index contributed by atoms with van der Waals surface area (Å²) >= 11 is 2.18. The quantitative estimate of drug-likeness (QED) is 0.728. The van der Waals surface area contributed by atoms with Crippen LogP contribution in [0.1, 0.15) is 45.4 Å². The molecule has 0 aromatic carbocycles. The third kappa shape index (κ3) is 3.82. The van der Waals surface area contributed by atoms with Crippen molar-refractivity contribution in [3.63, 3.8) is 0 Å². The molecule has 0 heterocycles. The van der Waals surface area contributed by atoms with Gasteiger partial charge in [0, 0.05) is 17.8 Å². The molecule has 2 fully saturated rings. The average Bonchev–Trinajstić information content (AvgIpc) is 2.87. The summed E-state index contributed by atoms with van der Waals surface area (Å²) in [7, 11) is 0. The Hall–Kier alpha value is 0.310. The van der Waals surface area contributed by atoms with Crippen molar-refractivity contribution in [3.8, 4) is 0 Å². The SMILES string of the molecule is CC(CNC1CC1)SCC1CCCC1. The molecule has 0 aromatic heterocycles. The Morgan fingerprint density at radius 1 is 1.21 bits per heavy atom. The van der Waals surface area contributed by atoms with Gasteiger partial charge in [0.2, 0.25) is 0 Å². The van der Waals surface area contributed by atoms with Crippen LogP contribution in [-0.4, -0.2) is 23.6 Å². The van der Waals surface area contributed by atoms with E-state index in [4.69, 9.17) is 0 Å². The standard InChI is InChI=1S/C12H23NS/c1-10(8-13-12-6-7-12)14-9-11-4-2-3-5-11/h10-13H,2-9H2,1H3. The van der Waals surface area contributed by atoms with Gasteiger partial charge < -0.3 is 5.32 Å². The molecule has 1 unspecified atom stereocenters. The van der Waals surface area contributed by atoms with Gasteiger partial charge in [-0.05, 0) is 37.4 Å². The first-order chi connectivity index (χ1) is 6.84. The fourth-order valence-electron chi connectivity index (χ4n) is 2.16. The summed E-state index contributed by atoms with van der Waals surface area (Å²) in [4.78, 5) is 0. The predicted molar refractivity (Wildman–Crippen MR) is 64.9 cm³/mol. The molecule has 14 heavy (non-hydrogen) atoms.